The summed E-state index contributed by atoms with van der Waals surface area (Å²) in [5.74, 6) is 0.208. The van der Waals surface area contributed by atoms with Crippen molar-refractivity contribution in [1.29, 1.82) is 0 Å². The second-order valence-corrected chi connectivity index (χ2v) is 6.25. The lowest BCUT2D eigenvalue weighted by Gasteiger charge is -2.33. The van der Waals surface area contributed by atoms with Gasteiger partial charge in [-0.05, 0) is 37.9 Å². The van der Waals surface area contributed by atoms with Gasteiger partial charge in [-0.1, -0.05) is 30.3 Å². The second-order valence-electron chi connectivity index (χ2n) is 6.25. The van der Waals surface area contributed by atoms with Crippen LogP contribution in [0.3, 0.4) is 0 Å². The summed E-state index contributed by atoms with van der Waals surface area (Å²) in [5, 5.41) is 6.65. The van der Waals surface area contributed by atoms with Gasteiger partial charge in [-0.2, -0.15) is 0 Å². The fourth-order valence-corrected chi connectivity index (χ4v) is 3.28. The molecule has 3 rings (SSSR count). The average molecular weight is 287 g/mol. The van der Waals surface area contributed by atoms with Gasteiger partial charge in [0, 0.05) is 31.6 Å². The van der Waals surface area contributed by atoms with Gasteiger partial charge in [-0.15, -0.1) is 0 Å². The van der Waals surface area contributed by atoms with Gasteiger partial charge in [0.25, 0.3) is 0 Å². The molecule has 1 aromatic carbocycles. The van der Waals surface area contributed by atoms with Crippen molar-refractivity contribution < 1.29 is 4.79 Å². The van der Waals surface area contributed by atoms with E-state index in [1.54, 1.807) is 0 Å². The standard InChI is InChI=1S/C17H25N3O/c21-17-7-6-16(19-17)12-18-15-8-10-20(11-9-15)13-14-4-2-1-3-5-14/h1-5,15-16,18H,6-13H2,(H,19,21). The maximum atomic E-state index is 11.2. The van der Waals surface area contributed by atoms with E-state index in [-0.39, 0.29) is 5.91 Å². The van der Waals surface area contributed by atoms with Crippen LogP contribution in [0.15, 0.2) is 30.3 Å². The SMILES string of the molecule is O=C1CCC(CNC2CCN(Cc3ccccc3)CC2)N1. The van der Waals surface area contributed by atoms with Crippen LogP contribution in [-0.2, 0) is 11.3 Å². The number of hydrogen-bond donors (Lipinski definition) is 2. The molecule has 0 aliphatic carbocycles. The predicted octanol–water partition coefficient (Wildman–Crippen LogP) is 1.52. The molecular formula is C17H25N3O. The van der Waals surface area contributed by atoms with E-state index in [4.69, 9.17) is 0 Å². The molecule has 114 valence electrons. The molecule has 2 heterocycles. The number of hydrogen-bond acceptors (Lipinski definition) is 3. The van der Waals surface area contributed by atoms with Gasteiger partial charge in [0.15, 0.2) is 0 Å². The maximum absolute atomic E-state index is 11.2. The van der Waals surface area contributed by atoms with Gasteiger partial charge in [-0.3, -0.25) is 9.69 Å². The highest BCUT2D eigenvalue weighted by Crippen LogP contribution is 2.14. The molecule has 0 bridgehead atoms. The lowest BCUT2D eigenvalue weighted by molar-refractivity contribution is -0.119. The molecular weight excluding hydrogens is 262 g/mol. The number of carbonyl (C=O) groups excluding carboxylic acids is 1. The van der Waals surface area contributed by atoms with Crippen LogP contribution in [0.25, 0.3) is 0 Å². The molecule has 0 aromatic heterocycles. The third-order valence-electron chi connectivity index (χ3n) is 4.57. The number of rotatable bonds is 5. The van der Waals surface area contributed by atoms with Crippen LogP contribution in [0.2, 0.25) is 0 Å². The Morgan fingerprint density at radius 1 is 1.14 bits per heavy atom. The zero-order valence-corrected chi connectivity index (χ0v) is 12.6. The predicted molar refractivity (Wildman–Crippen MR) is 83.9 cm³/mol. The van der Waals surface area contributed by atoms with E-state index >= 15 is 0 Å². The zero-order chi connectivity index (χ0) is 14.5. The molecule has 2 aliphatic heterocycles. The minimum Gasteiger partial charge on any atom is -0.352 e. The van der Waals surface area contributed by atoms with Crippen molar-refractivity contribution >= 4 is 5.91 Å². The first kappa shape index (κ1) is 14.5. The summed E-state index contributed by atoms with van der Waals surface area (Å²) >= 11 is 0. The van der Waals surface area contributed by atoms with E-state index < -0.39 is 0 Å². The summed E-state index contributed by atoms with van der Waals surface area (Å²) < 4.78 is 0. The first-order valence-electron chi connectivity index (χ1n) is 8.08. The number of nitrogens with zero attached hydrogens (tertiary/aromatic N) is 1. The average Bonchev–Trinajstić information content (AvgIpc) is 2.93. The molecule has 2 saturated heterocycles. The molecule has 2 N–H and O–H groups in total. The van der Waals surface area contributed by atoms with Crippen molar-refractivity contribution in [3.63, 3.8) is 0 Å². The summed E-state index contributed by atoms with van der Waals surface area (Å²) in [6.45, 7) is 4.30. The largest absolute Gasteiger partial charge is 0.352 e. The topological polar surface area (TPSA) is 44.4 Å². The van der Waals surface area contributed by atoms with Crippen molar-refractivity contribution in [3.8, 4) is 0 Å². The van der Waals surface area contributed by atoms with Crippen LogP contribution in [0.4, 0.5) is 0 Å². The molecule has 0 spiro atoms. The van der Waals surface area contributed by atoms with Crippen molar-refractivity contribution in [3.05, 3.63) is 35.9 Å². The Kier molecular flexibility index (Phi) is 4.88. The fourth-order valence-electron chi connectivity index (χ4n) is 3.28. The quantitative estimate of drug-likeness (QED) is 0.863. The van der Waals surface area contributed by atoms with E-state index in [0.29, 0.717) is 18.5 Å². The molecule has 21 heavy (non-hydrogen) atoms. The van der Waals surface area contributed by atoms with Gasteiger partial charge in [0.05, 0.1) is 0 Å². The van der Waals surface area contributed by atoms with E-state index in [0.717, 1.165) is 32.6 Å². The summed E-state index contributed by atoms with van der Waals surface area (Å²) in [7, 11) is 0. The Balaban J connectivity index is 1.36. The van der Waals surface area contributed by atoms with Crippen LogP contribution < -0.4 is 10.6 Å². The smallest absolute Gasteiger partial charge is 0.220 e. The highest BCUT2D eigenvalue weighted by atomic mass is 16.1. The minimum atomic E-state index is 0.208. The molecule has 4 heteroatoms. The van der Waals surface area contributed by atoms with Gasteiger partial charge in [0.2, 0.25) is 5.91 Å². The third-order valence-corrected chi connectivity index (χ3v) is 4.57. The number of amides is 1. The molecule has 2 aliphatic rings. The van der Waals surface area contributed by atoms with Crippen LogP contribution in [-0.4, -0.2) is 42.5 Å². The first-order valence-corrected chi connectivity index (χ1v) is 8.08. The number of nitrogens with one attached hydrogen (secondary N) is 2. The summed E-state index contributed by atoms with van der Waals surface area (Å²) in [4.78, 5) is 13.7. The van der Waals surface area contributed by atoms with E-state index in [9.17, 15) is 4.79 Å². The second kappa shape index (κ2) is 7.05. The summed E-state index contributed by atoms with van der Waals surface area (Å²) in [6, 6.07) is 11.6. The molecule has 0 saturated carbocycles. The Labute approximate surface area is 126 Å². The van der Waals surface area contributed by atoms with Gasteiger partial charge in [-0.25, -0.2) is 0 Å². The number of carbonyl (C=O) groups is 1. The van der Waals surface area contributed by atoms with Gasteiger partial charge in [0.1, 0.15) is 0 Å². The van der Waals surface area contributed by atoms with Crippen molar-refractivity contribution in [2.24, 2.45) is 0 Å². The Morgan fingerprint density at radius 3 is 2.57 bits per heavy atom. The van der Waals surface area contributed by atoms with Gasteiger partial charge < -0.3 is 10.6 Å². The summed E-state index contributed by atoms with van der Waals surface area (Å²) in [5.41, 5.74) is 1.40. The molecule has 1 amide bonds. The van der Waals surface area contributed by atoms with Crippen LogP contribution >= 0.6 is 0 Å². The summed E-state index contributed by atoms with van der Waals surface area (Å²) in [6.07, 6.45) is 4.08. The lowest BCUT2D eigenvalue weighted by Crippen LogP contribution is -2.46. The Bertz CT molecular complexity index is 454. The molecule has 4 nitrogen and oxygen atoms in total. The van der Waals surface area contributed by atoms with E-state index in [1.807, 2.05) is 0 Å². The minimum absolute atomic E-state index is 0.208. The van der Waals surface area contributed by atoms with Crippen molar-refractivity contribution in [1.82, 2.24) is 15.5 Å². The molecule has 0 radical (unpaired) electrons. The molecule has 1 unspecified atom stereocenters. The monoisotopic (exact) mass is 287 g/mol. The molecule has 2 fully saturated rings. The van der Waals surface area contributed by atoms with Crippen LogP contribution in [0.1, 0.15) is 31.2 Å². The number of likely N-dealkylation sites (tertiary alicyclic amines) is 1. The molecule has 1 atom stereocenters. The molecule has 1 aromatic rings. The Morgan fingerprint density at radius 2 is 1.90 bits per heavy atom. The first-order chi connectivity index (χ1) is 10.3. The van der Waals surface area contributed by atoms with Crippen LogP contribution in [0, 0.1) is 0 Å². The van der Waals surface area contributed by atoms with Crippen molar-refractivity contribution in [2.75, 3.05) is 19.6 Å². The Hall–Kier alpha value is -1.39. The van der Waals surface area contributed by atoms with Crippen LogP contribution in [0.5, 0.6) is 0 Å². The fraction of sp³-hybridized carbons (Fsp3) is 0.588. The maximum Gasteiger partial charge on any atom is 0.220 e. The lowest BCUT2D eigenvalue weighted by atomic mass is 10.0. The van der Waals surface area contributed by atoms with E-state index in [2.05, 4.69) is 45.9 Å². The zero-order valence-electron chi connectivity index (χ0n) is 12.6. The normalized spacial score (nSPS) is 24.2. The van der Waals surface area contributed by atoms with Gasteiger partial charge >= 0.3 is 0 Å². The van der Waals surface area contributed by atoms with Crippen molar-refractivity contribution in [2.45, 2.75) is 44.3 Å². The third kappa shape index (κ3) is 4.29. The highest BCUT2D eigenvalue weighted by Gasteiger charge is 2.23. The number of piperidine rings is 1. The highest BCUT2D eigenvalue weighted by molar-refractivity contribution is 5.78. The van der Waals surface area contributed by atoms with E-state index in [1.165, 1.54) is 18.4 Å². The number of benzene rings is 1.